The Bertz CT molecular complexity index is 992. The van der Waals surface area contributed by atoms with Gasteiger partial charge in [-0.3, -0.25) is 0 Å². The minimum absolute atomic E-state index is 0.267. The number of unbranched alkanes of at least 4 members (excludes halogenated alkanes) is 3. The molecule has 2 aromatic carbocycles. The van der Waals surface area contributed by atoms with E-state index < -0.39 is 0 Å². The predicted octanol–water partition coefficient (Wildman–Crippen LogP) is 5.43. The summed E-state index contributed by atoms with van der Waals surface area (Å²) in [5, 5.41) is 13.7. The van der Waals surface area contributed by atoms with Crippen LogP contribution >= 0.6 is 11.8 Å². The van der Waals surface area contributed by atoms with Crippen LogP contribution in [0.2, 0.25) is 0 Å². The van der Waals surface area contributed by atoms with Crippen LogP contribution in [0.1, 0.15) is 44.0 Å². The molecule has 170 valence electrons. The van der Waals surface area contributed by atoms with Gasteiger partial charge in [-0.25, -0.2) is 0 Å². The van der Waals surface area contributed by atoms with Crippen LogP contribution in [0, 0.1) is 0 Å². The predicted molar refractivity (Wildman–Crippen MR) is 128 cm³/mol. The zero-order valence-electron chi connectivity index (χ0n) is 18.9. The Morgan fingerprint density at radius 2 is 1.84 bits per heavy atom. The molecule has 0 aliphatic rings. The van der Waals surface area contributed by atoms with Crippen molar-refractivity contribution in [2.45, 2.75) is 44.4 Å². The van der Waals surface area contributed by atoms with Gasteiger partial charge in [-0.2, -0.15) is 9.78 Å². The molecule has 0 N–H and O–H groups in total. The van der Waals surface area contributed by atoms with E-state index in [1.807, 2.05) is 54.8 Å². The number of thioether (sulfide) groups is 1. The van der Waals surface area contributed by atoms with Gasteiger partial charge >= 0.3 is 0 Å². The number of rotatable bonds is 13. The molecule has 0 aliphatic heterocycles. The van der Waals surface area contributed by atoms with Gasteiger partial charge in [-0.1, -0.05) is 56.1 Å². The number of benzene rings is 2. The minimum atomic E-state index is 0.267. The first-order valence-corrected chi connectivity index (χ1v) is 12.0. The Labute approximate surface area is 193 Å². The summed E-state index contributed by atoms with van der Waals surface area (Å²) in [6.45, 7) is 3.15. The number of hydrogen-bond donors (Lipinski definition) is 0. The third kappa shape index (κ3) is 6.75. The van der Waals surface area contributed by atoms with Gasteiger partial charge in [0.25, 0.3) is 0 Å². The number of methoxy groups -OCH3 is 1. The Hall–Kier alpha value is -3.00. The third-order valence-electron chi connectivity index (χ3n) is 4.74. The van der Waals surface area contributed by atoms with Crippen LogP contribution in [-0.2, 0) is 6.61 Å². The van der Waals surface area contributed by atoms with Crippen LogP contribution in [0.4, 0.5) is 0 Å². The van der Waals surface area contributed by atoms with Gasteiger partial charge in [-0.15, -0.1) is 10.2 Å². The smallest absolute Gasteiger partial charge is 0.211 e. The number of aromatic nitrogens is 3. The number of hydrogen-bond acceptors (Lipinski definition) is 7. The number of nitrogens with zero attached hydrogens (tertiary/aromatic N) is 4. The van der Waals surface area contributed by atoms with Crippen LogP contribution in [0.5, 0.6) is 17.2 Å². The van der Waals surface area contributed by atoms with Gasteiger partial charge in [0, 0.05) is 0 Å². The lowest BCUT2D eigenvalue weighted by molar-refractivity contribution is 0.285. The van der Waals surface area contributed by atoms with E-state index in [9.17, 15) is 0 Å². The SMILES string of the molecule is CCCCCCOc1ccc(/C=N\n2c(COc3ccccc3)nnc2SC)cc1OC. The van der Waals surface area contributed by atoms with Crippen molar-refractivity contribution in [2.75, 3.05) is 20.0 Å². The Kier molecular flexibility index (Phi) is 9.43. The lowest BCUT2D eigenvalue weighted by atomic mass is 10.2. The molecular weight excluding hydrogens is 424 g/mol. The average molecular weight is 455 g/mol. The largest absolute Gasteiger partial charge is 0.493 e. The van der Waals surface area contributed by atoms with Crippen molar-refractivity contribution in [1.82, 2.24) is 14.9 Å². The first kappa shape index (κ1) is 23.7. The van der Waals surface area contributed by atoms with E-state index in [1.54, 1.807) is 18.0 Å². The fourth-order valence-electron chi connectivity index (χ4n) is 3.01. The first-order valence-electron chi connectivity index (χ1n) is 10.8. The second-order valence-corrected chi connectivity index (χ2v) is 7.85. The van der Waals surface area contributed by atoms with Gasteiger partial charge < -0.3 is 14.2 Å². The fraction of sp³-hybridized carbons (Fsp3) is 0.375. The second-order valence-electron chi connectivity index (χ2n) is 7.08. The van der Waals surface area contributed by atoms with E-state index >= 15 is 0 Å². The highest BCUT2D eigenvalue weighted by atomic mass is 32.2. The quantitative estimate of drug-likeness (QED) is 0.195. The van der Waals surface area contributed by atoms with Crippen LogP contribution in [0.3, 0.4) is 0 Å². The second kappa shape index (κ2) is 12.8. The van der Waals surface area contributed by atoms with Crippen LogP contribution in [0.25, 0.3) is 0 Å². The van der Waals surface area contributed by atoms with Gasteiger partial charge in [-0.05, 0) is 48.6 Å². The molecule has 0 aliphatic carbocycles. The Morgan fingerprint density at radius 3 is 2.59 bits per heavy atom. The van der Waals surface area contributed by atoms with E-state index in [0.29, 0.717) is 23.3 Å². The van der Waals surface area contributed by atoms with Crippen molar-refractivity contribution < 1.29 is 14.2 Å². The van der Waals surface area contributed by atoms with Gasteiger partial charge in [0.2, 0.25) is 5.16 Å². The summed E-state index contributed by atoms with van der Waals surface area (Å²) in [7, 11) is 1.64. The summed E-state index contributed by atoms with van der Waals surface area (Å²) in [4.78, 5) is 0. The van der Waals surface area contributed by atoms with Crippen molar-refractivity contribution in [2.24, 2.45) is 5.10 Å². The molecule has 0 saturated carbocycles. The third-order valence-corrected chi connectivity index (χ3v) is 5.36. The van der Waals surface area contributed by atoms with Crippen LogP contribution in [-0.4, -0.2) is 41.1 Å². The van der Waals surface area contributed by atoms with Crippen molar-refractivity contribution in [3.8, 4) is 17.2 Å². The molecule has 1 aromatic heterocycles. The van der Waals surface area contributed by atoms with E-state index in [-0.39, 0.29) is 6.61 Å². The van der Waals surface area contributed by atoms with Gasteiger partial charge in [0.05, 0.1) is 19.9 Å². The molecular formula is C24H30N4O3S. The molecule has 0 bridgehead atoms. The molecule has 0 amide bonds. The maximum absolute atomic E-state index is 5.90. The molecule has 0 unspecified atom stereocenters. The van der Waals surface area contributed by atoms with Gasteiger partial charge in [0.15, 0.2) is 17.3 Å². The highest BCUT2D eigenvalue weighted by molar-refractivity contribution is 7.98. The topological polar surface area (TPSA) is 70.8 Å². The normalized spacial score (nSPS) is 11.1. The van der Waals surface area contributed by atoms with Crippen LogP contribution < -0.4 is 14.2 Å². The zero-order chi connectivity index (χ0) is 22.6. The average Bonchev–Trinajstić information content (AvgIpc) is 3.24. The molecule has 0 spiro atoms. The summed E-state index contributed by atoms with van der Waals surface area (Å²) in [5.41, 5.74) is 0.885. The maximum Gasteiger partial charge on any atom is 0.211 e. The summed E-state index contributed by atoms with van der Waals surface area (Å²) >= 11 is 1.47. The highest BCUT2D eigenvalue weighted by Crippen LogP contribution is 2.28. The van der Waals surface area contributed by atoms with E-state index in [0.717, 1.165) is 23.5 Å². The lowest BCUT2D eigenvalue weighted by Crippen LogP contribution is -2.05. The zero-order valence-corrected chi connectivity index (χ0v) is 19.7. The summed E-state index contributed by atoms with van der Waals surface area (Å²) in [6.07, 6.45) is 8.35. The number of para-hydroxylation sites is 1. The van der Waals surface area contributed by atoms with E-state index in [1.165, 1.54) is 31.0 Å². The fourth-order valence-corrected chi connectivity index (χ4v) is 3.46. The maximum atomic E-state index is 5.90. The highest BCUT2D eigenvalue weighted by Gasteiger charge is 2.12. The molecule has 0 atom stereocenters. The summed E-state index contributed by atoms with van der Waals surface area (Å²) in [5.74, 6) is 2.82. The van der Waals surface area contributed by atoms with Crippen LogP contribution in [0.15, 0.2) is 58.8 Å². The molecule has 32 heavy (non-hydrogen) atoms. The monoisotopic (exact) mass is 454 g/mol. The van der Waals surface area contributed by atoms with Crippen molar-refractivity contribution in [3.63, 3.8) is 0 Å². The molecule has 7 nitrogen and oxygen atoms in total. The van der Waals surface area contributed by atoms with Crippen molar-refractivity contribution in [3.05, 3.63) is 59.9 Å². The summed E-state index contributed by atoms with van der Waals surface area (Å²) in [6, 6.07) is 15.4. The molecule has 0 fully saturated rings. The minimum Gasteiger partial charge on any atom is -0.493 e. The Balaban J connectivity index is 1.69. The van der Waals surface area contributed by atoms with E-state index in [4.69, 9.17) is 14.2 Å². The van der Waals surface area contributed by atoms with Crippen molar-refractivity contribution in [1.29, 1.82) is 0 Å². The van der Waals surface area contributed by atoms with Crippen molar-refractivity contribution >= 4 is 18.0 Å². The Morgan fingerprint density at radius 1 is 1.00 bits per heavy atom. The molecule has 0 saturated heterocycles. The molecule has 0 radical (unpaired) electrons. The molecule has 1 heterocycles. The number of ether oxygens (including phenoxy) is 3. The standard InChI is InChI=1S/C24H30N4O3S/c1-4-5-6-10-15-30-21-14-13-19(16-22(21)29-2)17-25-28-23(26-27-24(28)32-3)18-31-20-11-8-7-9-12-20/h7-9,11-14,16-17H,4-6,10,15,18H2,1-3H3/b25-17-. The molecule has 3 rings (SSSR count). The first-order chi connectivity index (χ1) is 15.7. The van der Waals surface area contributed by atoms with E-state index in [2.05, 4.69) is 22.2 Å². The molecule has 3 aromatic rings. The summed E-state index contributed by atoms with van der Waals surface area (Å²) < 4.78 is 18.9. The lowest BCUT2D eigenvalue weighted by Gasteiger charge is -2.11. The van der Waals surface area contributed by atoms with Gasteiger partial charge in [0.1, 0.15) is 12.4 Å². The molecule has 8 heteroatoms.